The van der Waals surface area contributed by atoms with E-state index < -0.39 is 0 Å². The third-order valence-electron chi connectivity index (χ3n) is 6.94. The SMILES string of the molecule is COc1ccc(C2CCC(C)(C)CC2)c(N2CCN(CC3CC3)CC2)c1. The lowest BCUT2D eigenvalue weighted by molar-refractivity contribution is 0.224. The van der Waals surface area contributed by atoms with Gasteiger partial charge in [0.05, 0.1) is 7.11 Å². The molecule has 2 aliphatic carbocycles. The van der Waals surface area contributed by atoms with Gasteiger partial charge in [0, 0.05) is 44.5 Å². The molecule has 1 aliphatic heterocycles. The highest BCUT2D eigenvalue weighted by Crippen LogP contribution is 2.45. The third-order valence-corrected chi connectivity index (χ3v) is 6.94. The zero-order valence-electron chi connectivity index (χ0n) is 17.0. The van der Waals surface area contributed by atoms with Crippen molar-refractivity contribution < 1.29 is 4.74 Å². The second-order valence-electron chi connectivity index (χ2n) is 9.59. The molecule has 3 aliphatic rings. The predicted molar refractivity (Wildman–Crippen MR) is 109 cm³/mol. The Kier molecular flexibility index (Phi) is 5.18. The van der Waals surface area contributed by atoms with E-state index in [2.05, 4.69) is 41.8 Å². The van der Waals surface area contributed by atoms with Gasteiger partial charge in [0.25, 0.3) is 0 Å². The molecule has 1 saturated heterocycles. The van der Waals surface area contributed by atoms with Crippen LogP contribution in [0.15, 0.2) is 18.2 Å². The smallest absolute Gasteiger partial charge is 0.120 e. The maximum Gasteiger partial charge on any atom is 0.120 e. The van der Waals surface area contributed by atoms with E-state index in [9.17, 15) is 0 Å². The Labute approximate surface area is 159 Å². The normalized spacial score (nSPS) is 24.7. The second kappa shape index (κ2) is 7.42. The van der Waals surface area contributed by atoms with Gasteiger partial charge in [-0.05, 0) is 67.4 Å². The first-order chi connectivity index (χ1) is 12.5. The summed E-state index contributed by atoms with van der Waals surface area (Å²) in [5.41, 5.74) is 3.54. The summed E-state index contributed by atoms with van der Waals surface area (Å²) in [5, 5.41) is 0. The van der Waals surface area contributed by atoms with Gasteiger partial charge in [0.15, 0.2) is 0 Å². The van der Waals surface area contributed by atoms with Gasteiger partial charge >= 0.3 is 0 Å². The lowest BCUT2D eigenvalue weighted by Crippen LogP contribution is -2.47. The molecule has 0 aromatic heterocycles. The molecule has 0 radical (unpaired) electrons. The van der Waals surface area contributed by atoms with E-state index in [1.54, 1.807) is 12.7 Å². The van der Waals surface area contributed by atoms with Gasteiger partial charge in [-0.15, -0.1) is 0 Å². The van der Waals surface area contributed by atoms with Gasteiger partial charge in [0.2, 0.25) is 0 Å². The van der Waals surface area contributed by atoms with Crippen molar-refractivity contribution in [3.8, 4) is 5.75 Å². The molecule has 3 heteroatoms. The Morgan fingerprint density at radius 1 is 1.00 bits per heavy atom. The molecule has 2 saturated carbocycles. The van der Waals surface area contributed by atoms with E-state index >= 15 is 0 Å². The number of anilines is 1. The van der Waals surface area contributed by atoms with Crippen molar-refractivity contribution in [3.63, 3.8) is 0 Å². The van der Waals surface area contributed by atoms with Crippen molar-refractivity contribution in [2.75, 3.05) is 44.7 Å². The lowest BCUT2D eigenvalue weighted by Gasteiger charge is -2.40. The molecule has 0 atom stereocenters. The summed E-state index contributed by atoms with van der Waals surface area (Å²) in [6.07, 6.45) is 8.26. The molecule has 0 N–H and O–H groups in total. The van der Waals surface area contributed by atoms with Gasteiger partial charge in [-0.3, -0.25) is 4.90 Å². The molecule has 3 fully saturated rings. The number of methoxy groups -OCH3 is 1. The van der Waals surface area contributed by atoms with E-state index in [0.29, 0.717) is 11.3 Å². The molecule has 0 amide bonds. The molecular formula is C23H36N2O. The largest absolute Gasteiger partial charge is 0.497 e. The Bertz CT molecular complexity index is 605. The minimum Gasteiger partial charge on any atom is -0.497 e. The fourth-order valence-corrected chi connectivity index (χ4v) is 4.82. The number of benzene rings is 1. The van der Waals surface area contributed by atoms with Crippen LogP contribution in [0.25, 0.3) is 0 Å². The molecule has 0 bridgehead atoms. The van der Waals surface area contributed by atoms with E-state index in [4.69, 9.17) is 4.74 Å². The van der Waals surface area contributed by atoms with Crippen molar-refractivity contribution in [1.29, 1.82) is 0 Å². The first-order valence-corrected chi connectivity index (χ1v) is 10.7. The van der Waals surface area contributed by atoms with Crippen LogP contribution in [0.4, 0.5) is 5.69 Å². The Morgan fingerprint density at radius 3 is 2.31 bits per heavy atom. The van der Waals surface area contributed by atoms with Crippen molar-refractivity contribution in [3.05, 3.63) is 23.8 Å². The highest BCUT2D eigenvalue weighted by molar-refractivity contribution is 5.59. The quantitative estimate of drug-likeness (QED) is 0.745. The van der Waals surface area contributed by atoms with E-state index in [1.807, 2.05) is 0 Å². The average molecular weight is 357 g/mol. The second-order valence-corrected chi connectivity index (χ2v) is 9.59. The van der Waals surface area contributed by atoms with Crippen molar-refractivity contribution in [2.24, 2.45) is 11.3 Å². The number of nitrogens with zero attached hydrogens (tertiary/aromatic N) is 2. The van der Waals surface area contributed by atoms with Crippen molar-refractivity contribution in [1.82, 2.24) is 4.90 Å². The number of rotatable bonds is 5. The summed E-state index contributed by atoms with van der Waals surface area (Å²) in [5.74, 6) is 2.72. The van der Waals surface area contributed by atoms with Crippen LogP contribution in [0, 0.1) is 11.3 Å². The summed E-state index contributed by atoms with van der Waals surface area (Å²) in [6, 6.07) is 6.82. The van der Waals surface area contributed by atoms with Crippen LogP contribution in [-0.2, 0) is 0 Å². The first kappa shape index (κ1) is 18.2. The monoisotopic (exact) mass is 356 g/mol. The average Bonchev–Trinajstić information content (AvgIpc) is 3.46. The first-order valence-electron chi connectivity index (χ1n) is 10.7. The fourth-order valence-electron chi connectivity index (χ4n) is 4.82. The van der Waals surface area contributed by atoms with Crippen LogP contribution in [0.1, 0.15) is 63.9 Å². The molecule has 1 aromatic rings. The molecule has 4 rings (SSSR count). The van der Waals surface area contributed by atoms with Gasteiger partial charge in [-0.1, -0.05) is 19.9 Å². The van der Waals surface area contributed by atoms with E-state index in [1.165, 1.54) is 63.8 Å². The standard InChI is InChI=1S/C23H36N2O/c1-23(2)10-8-19(9-11-23)21-7-6-20(26-3)16-22(21)25-14-12-24(13-15-25)17-18-4-5-18/h6-7,16,18-19H,4-5,8-15,17H2,1-3H3. The maximum absolute atomic E-state index is 5.57. The molecular weight excluding hydrogens is 320 g/mol. The molecule has 1 heterocycles. The zero-order chi connectivity index (χ0) is 18.1. The van der Waals surface area contributed by atoms with Crippen molar-refractivity contribution in [2.45, 2.75) is 58.3 Å². The summed E-state index contributed by atoms with van der Waals surface area (Å²) in [4.78, 5) is 5.30. The van der Waals surface area contributed by atoms with Crippen molar-refractivity contribution >= 4 is 5.69 Å². The minimum atomic E-state index is 0.525. The van der Waals surface area contributed by atoms with Crippen LogP contribution < -0.4 is 9.64 Å². The molecule has 1 aromatic carbocycles. The van der Waals surface area contributed by atoms with Crippen LogP contribution in [0.5, 0.6) is 5.75 Å². The Balaban J connectivity index is 1.48. The third kappa shape index (κ3) is 4.19. The summed E-state index contributed by atoms with van der Waals surface area (Å²) in [6.45, 7) is 10.9. The predicted octanol–water partition coefficient (Wildman–Crippen LogP) is 4.91. The molecule has 0 unspecified atom stereocenters. The summed E-state index contributed by atoms with van der Waals surface area (Å²) < 4.78 is 5.57. The summed E-state index contributed by atoms with van der Waals surface area (Å²) >= 11 is 0. The highest BCUT2D eigenvalue weighted by atomic mass is 16.5. The number of hydrogen-bond acceptors (Lipinski definition) is 3. The lowest BCUT2D eigenvalue weighted by atomic mass is 9.71. The van der Waals surface area contributed by atoms with Gasteiger partial charge in [0.1, 0.15) is 5.75 Å². The minimum absolute atomic E-state index is 0.525. The van der Waals surface area contributed by atoms with E-state index in [-0.39, 0.29) is 0 Å². The molecule has 3 nitrogen and oxygen atoms in total. The van der Waals surface area contributed by atoms with Crippen LogP contribution in [0.2, 0.25) is 0 Å². The van der Waals surface area contributed by atoms with Crippen LogP contribution >= 0.6 is 0 Å². The Morgan fingerprint density at radius 2 is 1.69 bits per heavy atom. The molecule has 0 spiro atoms. The number of ether oxygens (including phenoxy) is 1. The molecule has 26 heavy (non-hydrogen) atoms. The number of piperazine rings is 1. The fraction of sp³-hybridized carbons (Fsp3) is 0.739. The zero-order valence-corrected chi connectivity index (χ0v) is 17.0. The van der Waals surface area contributed by atoms with Crippen LogP contribution in [-0.4, -0.2) is 44.7 Å². The van der Waals surface area contributed by atoms with E-state index in [0.717, 1.165) is 24.8 Å². The van der Waals surface area contributed by atoms with Crippen LogP contribution in [0.3, 0.4) is 0 Å². The summed E-state index contributed by atoms with van der Waals surface area (Å²) in [7, 11) is 1.79. The Hall–Kier alpha value is -1.22. The number of hydrogen-bond donors (Lipinski definition) is 0. The molecule has 144 valence electrons. The topological polar surface area (TPSA) is 15.7 Å². The highest BCUT2D eigenvalue weighted by Gasteiger charge is 2.31. The van der Waals surface area contributed by atoms with Gasteiger partial charge in [-0.2, -0.15) is 0 Å². The maximum atomic E-state index is 5.57. The van der Waals surface area contributed by atoms with Gasteiger partial charge < -0.3 is 9.64 Å². The van der Waals surface area contributed by atoms with Gasteiger partial charge in [-0.25, -0.2) is 0 Å².